The van der Waals surface area contributed by atoms with Gasteiger partial charge in [-0.1, -0.05) is 30.3 Å². The second kappa shape index (κ2) is 15.9. The van der Waals surface area contributed by atoms with Crippen LogP contribution in [0.15, 0.2) is 83.7 Å². The van der Waals surface area contributed by atoms with Gasteiger partial charge in [0.1, 0.15) is 29.4 Å². The Bertz CT molecular complexity index is 2080. The summed E-state index contributed by atoms with van der Waals surface area (Å²) in [5, 5.41) is 3.34. The molecular formula is C39H41ClN2O9. The third-order valence-corrected chi connectivity index (χ3v) is 7.89. The molecule has 1 N–H and O–H groups in total. The third-order valence-electron chi connectivity index (χ3n) is 7.89. The van der Waals surface area contributed by atoms with E-state index in [0.717, 1.165) is 11.1 Å². The fourth-order valence-electron chi connectivity index (χ4n) is 5.59. The van der Waals surface area contributed by atoms with Crippen LogP contribution in [0.3, 0.4) is 0 Å². The number of anilines is 1. The molecule has 5 rings (SSSR count). The number of fused-ring (bicyclic) bond motifs is 1. The Morgan fingerprint density at radius 3 is 1.90 bits per heavy atom. The van der Waals surface area contributed by atoms with Crippen molar-refractivity contribution >= 4 is 40.9 Å². The van der Waals surface area contributed by atoms with Crippen LogP contribution in [-0.2, 0) is 16.1 Å². The van der Waals surface area contributed by atoms with Crippen molar-refractivity contribution < 1.29 is 38.0 Å². The molecule has 0 atom stereocenters. The highest BCUT2D eigenvalue weighted by atomic mass is 35.5. The largest absolute Gasteiger partial charge is 0.496 e. The van der Waals surface area contributed by atoms with E-state index in [1.54, 1.807) is 69.3 Å². The molecule has 51 heavy (non-hydrogen) atoms. The number of carbonyl (C=O) groups is 2. The van der Waals surface area contributed by atoms with E-state index in [0.29, 0.717) is 50.9 Å². The second-order valence-electron chi connectivity index (χ2n) is 12.4. The number of amides is 1. The summed E-state index contributed by atoms with van der Waals surface area (Å²) in [7, 11) is 5.83. The van der Waals surface area contributed by atoms with Gasteiger partial charge >= 0.3 is 12.1 Å². The lowest BCUT2D eigenvalue weighted by atomic mass is 9.94. The van der Waals surface area contributed by atoms with E-state index >= 15 is 0 Å². The topological polar surface area (TPSA) is 124 Å². The van der Waals surface area contributed by atoms with Crippen LogP contribution < -0.4 is 29.8 Å². The lowest BCUT2D eigenvalue weighted by Crippen LogP contribution is -2.27. The third kappa shape index (κ3) is 8.21. The van der Waals surface area contributed by atoms with Crippen molar-refractivity contribution in [3.63, 3.8) is 0 Å². The van der Waals surface area contributed by atoms with E-state index in [9.17, 15) is 14.4 Å². The number of ether oxygens (including phenoxy) is 6. The van der Waals surface area contributed by atoms with E-state index in [2.05, 4.69) is 5.32 Å². The number of hydrogen-bond donors (Lipinski definition) is 1. The molecule has 0 aliphatic heterocycles. The van der Waals surface area contributed by atoms with Crippen LogP contribution in [0.4, 0.5) is 10.5 Å². The van der Waals surface area contributed by atoms with Crippen LogP contribution in [0.25, 0.3) is 27.6 Å². The van der Waals surface area contributed by atoms with Crippen molar-refractivity contribution in [2.75, 3.05) is 33.8 Å². The van der Waals surface area contributed by atoms with Crippen molar-refractivity contribution in [3.8, 4) is 39.8 Å². The number of aromatic nitrogens is 1. The molecule has 4 aromatic carbocycles. The molecule has 1 heterocycles. The van der Waals surface area contributed by atoms with Gasteiger partial charge in [0, 0.05) is 27.9 Å². The monoisotopic (exact) mass is 716 g/mol. The van der Waals surface area contributed by atoms with Gasteiger partial charge in [0.25, 0.3) is 5.56 Å². The predicted molar refractivity (Wildman–Crippen MR) is 199 cm³/mol. The molecule has 1 amide bonds. The lowest BCUT2D eigenvalue weighted by molar-refractivity contribution is 0.0589. The van der Waals surface area contributed by atoms with Crippen molar-refractivity contribution in [1.29, 1.82) is 0 Å². The molecule has 11 nitrogen and oxygen atoms in total. The van der Waals surface area contributed by atoms with Gasteiger partial charge in [-0.15, -0.1) is 12.4 Å². The molecule has 0 radical (unpaired) electrons. The van der Waals surface area contributed by atoms with E-state index in [1.165, 1.54) is 33.0 Å². The fourth-order valence-corrected chi connectivity index (χ4v) is 5.59. The molecule has 5 aromatic rings. The molecular weight excluding hydrogens is 676 g/mol. The summed E-state index contributed by atoms with van der Waals surface area (Å²) < 4.78 is 35.3. The van der Waals surface area contributed by atoms with Crippen LogP contribution in [0, 0.1) is 6.92 Å². The number of benzene rings is 4. The SMILES string of the molecule is COC(=O)c1c(-c2cc(OC)c(C)c(OC)c2)c2cc(OC)c(OCc3ccccc3)cc2c(=O)n1-c1ccc(NC(=O)OC(C)(C)C)cc1.Cl. The Morgan fingerprint density at radius 2 is 1.35 bits per heavy atom. The maximum absolute atomic E-state index is 14.6. The summed E-state index contributed by atoms with van der Waals surface area (Å²) in [5.74, 6) is 0.935. The first kappa shape index (κ1) is 38.1. The molecule has 0 saturated carbocycles. The van der Waals surface area contributed by atoms with Crippen LogP contribution in [0.5, 0.6) is 23.0 Å². The average Bonchev–Trinajstić information content (AvgIpc) is 3.10. The molecule has 0 saturated heterocycles. The second-order valence-corrected chi connectivity index (χ2v) is 12.4. The Balaban J connectivity index is 0.00000583. The number of hydrogen-bond acceptors (Lipinski definition) is 9. The van der Waals surface area contributed by atoms with Crippen LogP contribution in [0.2, 0.25) is 0 Å². The number of methoxy groups -OCH3 is 4. The van der Waals surface area contributed by atoms with E-state index < -0.39 is 23.2 Å². The zero-order chi connectivity index (χ0) is 36.2. The summed E-state index contributed by atoms with van der Waals surface area (Å²) in [6.45, 7) is 7.37. The number of esters is 1. The fraction of sp³-hybridized carbons (Fsp3) is 0.256. The van der Waals surface area contributed by atoms with Gasteiger partial charge in [-0.05, 0) is 87.4 Å². The zero-order valence-electron chi connectivity index (χ0n) is 29.7. The number of carbonyl (C=O) groups excluding carboxylic acids is 2. The minimum Gasteiger partial charge on any atom is -0.496 e. The average molecular weight is 717 g/mol. The molecule has 0 aliphatic rings. The maximum atomic E-state index is 14.6. The molecule has 268 valence electrons. The van der Waals surface area contributed by atoms with Gasteiger partial charge in [0.05, 0.1) is 33.8 Å². The standard InChI is InChI=1S/C39H40N2O9.ClH/c1-23-30(45-5)18-25(19-31(23)46-6)34-28-20-32(47-7)33(49-22-24-12-10-9-11-13-24)21-29(28)36(42)41(35(34)37(43)48-8)27-16-14-26(15-17-27)40-38(44)50-39(2,3)4;/h9-21H,22H2,1-8H3,(H,40,44);1H. The van der Waals surface area contributed by atoms with Gasteiger partial charge in [-0.25, -0.2) is 9.59 Å². The number of halogens is 1. The van der Waals surface area contributed by atoms with Gasteiger partial charge in [-0.2, -0.15) is 0 Å². The molecule has 12 heteroatoms. The highest BCUT2D eigenvalue weighted by Crippen LogP contribution is 2.42. The van der Waals surface area contributed by atoms with E-state index in [-0.39, 0.29) is 30.1 Å². The Hall–Kier alpha value is -5.68. The van der Waals surface area contributed by atoms with Gasteiger partial charge < -0.3 is 28.4 Å². The minimum atomic E-state index is -0.767. The summed E-state index contributed by atoms with van der Waals surface area (Å²) in [4.78, 5) is 40.9. The van der Waals surface area contributed by atoms with E-state index in [1.807, 2.05) is 37.3 Å². The normalized spacial score (nSPS) is 10.9. The summed E-state index contributed by atoms with van der Waals surface area (Å²) in [6, 6.07) is 22.9. The van der Waals surface area contributed by atoms with Gasteiger partial charge in [0.15, 0.2) is 11.5 Å². The molecule has 0 bridgehead atoms. The first-order valence-corrected chi connectivity index (χ1v) is 15.8. The summed E-state index contributed by atoms with van der Waals surface area (Å²) >= 11 is 0. The van der Waals surface area contributed by atoms with Crippen molar-refractivity contribution in [2.24, 2.45) is 0 Å². The molecule has 0 fully saturated rings. The number of nitrogens with one attached hydrogen (secondary N) is 1. The van der Waals surface area contributed by atoms with E-state index in [4.69, 9.17) is 28.4 Å². The molecule has 0 unspecified atom stereocenters. The molecule has 1 aromatic heterocycles. The van der Waals surface area contributed by atoms with Crippen molar-refractivity contribution in [2.45, 2.75) is 39.9 Å². The van der Waals surface area contributed by atoms with Crippen LogP contribution >= 0.6 is 12.4 Å². The summed E-state index contributed by atoms with van der Waals surface area (Å²) in [5.41, 5.74) is 2.06. The highest BCUT2D eigenvalue weighted by Gasteiger charge is 2.28. The molecule has 0 aliphatic carbocycles. The Kier molecular flexibility index (Phi) is 11.9. The van der Waals surface area contributed by atoms with Crippen molar-refractivity contribution in [3.05, 3.63) is 106 Å². The Morgan fingerprint density at radius 1 is 0.765 bits per heavy atom. The minimum absolute atomic E-state index is 0. The number of nitrogens with zero attached hydrogens (tertiary/aromatic N) is 1. The summed E-state index contributed by atoms with van der Waals surface area (Å²) in [6.07, 6.45) is -0.634. The number of rotatable bonds is 10. The first-order valence-electron chi connectivity index (χ1n) is 15.8. The smallest absolute Gasteiger partial charge is 0.412 e. The van der Waals surface area contributed by atoms with Crippen LogP contribution in [0.1, 0.15) is 42.4 Å². The lowest BCUT2D eigenvalue weighted by Gasteiger charge is -2.22. The quantitative estimate of drug-likeness (QED) is 0.143. The van der Waals surface area contributed by atoms with Gasteiger partial charge in [-0.3, -0.25) is 14.7 Å². The van der Waals surface area contributed by atoms with Gasteiger partial charge in [0.2, 0.25) is 0 Å². The zero-order valence-corrected chi connectivity index (χ0v) is 30.6. The highest BCUT2D eigenvalue weighted by molar-refractivity contribution is 6.08. The van der Waals surface area contributed by atoms with Crippen molar-refractivity contribution in [1.82, 2.24) is 4.57 Å². The number of pyridine rings is 1. The van der Waals surface area contributed by atoms with Crippen LogP contribution in [-0.4, -0.2) is 50.7 Å². The Labute approximate surface area is 302 Å². The maximum Gasteiger partial charge on any atom is 0.412 e. The first-order chi connectivity index (χ1) is 23.9. The molecule has 0 spiro atoms. The predicted octanol–water partition coefficient (Wildman–Crippen LogP) is 8.13.